The molecule has 0 fully saturated rings. The zero-order chi connectivity index (χ0) is 12.8. The summed E-state index contributed by atoms with van der Waals surface area (Å²) in [4.78, 5) is 13.6. The van der Waals surface area contributed by atoms with E-state index >= 15 is 0 Å². The molecule has 1 amide bonds. The third-order valence-corrected chi connectivity index (χ3v) is 2.80. The van der Waals surface area contributed by atoms with Crippen molar-refractivity contribution >= 4 is 5.91 Å². The van der Waals surface area contributed by atoms with Crippen LogP contribution < -0.4 is 5.73 Å². The van der Waals surface area contributed by atoms with Crippen LogP contribution in [0, 0.1) is 5.92 Å². The number of carbonyl (C=O) groups is 1. The van der Waals surface area contributed by atoms with Crippen molar-refractivity contribution in [3.8, 4) is 0 Å². The van der Waals surface area contributed by atoms with Gasteiger partial charge in [-0.25, -0.2) is 4.68 Å². The van der Waals surface area contributed by atoms with Gasteiger partial charge in [0.25, 0.3) is 0 Å². The Morgan fingerprint density at radius 3 is 2.88 bits per heavy atom. The molecule has 1 atom stereocenters. The number of amides is 1. The van der Waals surface area contributed by atoms with Crippen LogP contribution in [0.4, 0.5) is 0 Å². The number of hydrogen-bond donors (Lipinski definition) is 1. The number of hydrogen-bond acceptors (Lipinski definition) is 4. The van der Waals surface area contributed by atoms with Gasteiger partial charge in [-0.15, -0.1) is 5.10 Å². The highest BCUT2D eigenvalue weighted by atomic mass is 16.2. The van der Waals surface area contributed by atoms with E-state index in [0.717, 1.165) is 13.0 Å². The maximum atomic E-state index is 11.9. The predicted octanol–water partition coefficient (Wildman–Crippen LogP) is 0.241. The first-order chi connectivity index (χ1) is 8.06. The normalized spacial score (nSPS) is 12.5. The first kappa shape index (κ1) is 13.6. The molecule has 6 heteroatoms. The lowest BCUT2D eigenvalue weighted by Crippen LogP contribution is -2.33. The topological polar surface area (TPSA) is 77.0 Å². The van der Waals surface area contributed by atoms with Gasteiger partial charge in [0, 0.05) is 20.1 Å². The van der Waals surface area contributed by atoms with Gasteiger partial charge in [-0.3, -0.25) is 4.79 Å². The third kappa shape index (κ3) is 4.14. The summed E-state index contributed by atoms with van der Waals surface area (Å²) < 4.78 is 1.53. The van der Waals surface area contributed by atoms with Crippen molar-refractivity contribution in [2.24, 2.45) is 11.7 Å². The van der Waals surface area contributed by atoms with Gasteiger partial charge in [-0.05, 0) is 5.92 Å². The van der Waals surface area contributed by atoms with E-state index in [-0.39, 0.29) is 12.5 Å². The molecule has 1 aromatic heterocycles. The van der Waals surface area contributed by atoms with Gasteiger partial charge in [0.2, 0.25) is 5.91 Å². The Morgan fingerprint density at radius 2 is 2.35 bits per heavy atom. The summed E-state index contributed by atoms with van der Waals surface area (Å²) in [6, 6.07) is 0. The fraction of sp³-hybridized carbons (Fsp3) is 0.727. The Morgan fingerprint density at radius 1 is 1.65 bits per heavy atom. The number of aromatic nitrogens is 3. The second-order valence-corrected chi connectivity index (χ2v) is 4.40. The quantitative estimate of drug-likeness (QED) is 0.771. The molecule has 1 rings (SSSR count). The zero-order valence-electron chi connectivity index (χ0n) is 10.8. The van der Waals surface area contributed by atoms with E-state index in [1.54, 1.807) is 11.1 Å². The fourth-order valence-corrected chi connectivity index (χ4v) is 1.47. The molecule has 0 aliphatic carbocycles. The number of likely N-dealkylation sites (N-methyl/N-ethyl adjacent to an activating group) is 1. The van der Waals surface area contributed by atoms with E-state index in [0.29, 0.717) is 18.2 Å². The maximum Gasteiger partial charge on any atom is 0.244 e. The lowest BCUT2D eigenvalue weighted by molar-refractivity contribution is -0.131. The van der Waals surface area contributed by atoms with Crippen molar-refractivity contribution in [1.29, 1.82) is 0 Å². The molecule has 0 spiro atoms. The minimum atomic E-state index is 0.0405. The molecule has 0 saturated heterocycles. The molecule has 17 heavy (non-hydrogen) atoms. The van der Waals surface area contributed by atoms with Crippen molar-refractivity contribution in [3.05, 3.63) is 11.9 Å². The summed E-state index contributed by atoms with van der Waals surface area (Å²) in [5.74, 6) is 0.554. The highest BCUT2D eigenvalue weighted by molar-refractivity contribution is 5.75. The van der Waals surface area contributed by atoms with Crippen LogP contribution >= 0.6 is 0 Å². The van der Waals surface area contributed by atoms with Gasteiger partial charge in [0.05, 0.1) is 11.9 Å². The fourth-order valence-electron chi connectivity index (χ4n) is 1.47. The molecule has 0 aliphatic rings. The molecule has 0 aliphatic heterocycles. The van der Waals surface area contributed by atoms with Crippen LogP contribution in [-0.2, 0) is 17.9 Å². The van der Waals surface area contributed by atoms with E-state index < -0.39 is 0 Å². The molecule has 2 N–H and O–H groups in total. The standard InChI is InChI=1S/C11H21N5O/c1-4-9(2)6-15(3)11(17)8-16-7-10(5-12)13-14-16/h7,9H,4-6,8,12H2,1-3H3. The Balaban J connectivity index is 2.48. The predicted molar refractivity (Wildman–Crippen MR) is 65.0 cm³/mol. The zero-order valence-corrected chi connectivity index (χ0v) is 10.8. The van der Waals surface area contributed by atoms with Crippen molar-refractivity contribution in [2.75, 3.05) is 13.6 Å². The van der Waals surface area contributed by atoms with Gasteiger partial charge in [-0.2, -0.15) is 0 Å². The van der Waals surface area contributed by atoms with Crippen molar-refractivity contribution in [3.63, 3.8) is 0 Å². The van der Waals surface area contributed by atoms with Crippen molar-refractivity contribution < 1.29 is 4.79 Å². The smallest absolute Gasteiger partial charge is 0.244 e. The molecule has 96 valence electrons. The van der Waals surface area contributed by atoms with E-state index in [1.807, 2.05) is 7.05 Å². The lowest BCUT2D eigenvalue weighted by Gasteiger charge is -2.20. The Bertz CT molecular complexity index is 362. The van der Waals surface area contributed by atoms with Crippen LogP contribution in [0.25, 0.3) is 0 Å². The maximum absolute atomic E-state index is 11.9. The molecule has 1 heterocycles. The molecule has 0 aromatic carbocycles. The Hall–Kier alpha value is -1.43. The monoisotopic (exact) mass is 239 g/mol. The molecule has 6 nitrogen and oxygen atoms in total. The Labute approximate surface area is 102 Å². The second kappa shape index (κ2) is 6.34. The van der Waals surface area contributed by atoms with Gasteiger partial charge in [0.15, 0.2) is 0 Å². The van der Waals surface area contributed by atoms with E-state index in [1.165, 1.54) is 4.68 Å². The first-order valence-corrected chi connectivity index (χ1v) is 5.89. The molecular formula is C11H21N5O. The number of nitrogens with zero attached hydrogens (tertiary/aromatic N) is 4. The minimum Gasteiger partial charge on any atom is -0.344 e. The van der Waals surface area contributed by atoms with Crippen LogP contribution in [0.2, 0.25) is 0 Å². The van der Waals surface area contributed by atoms with Crippen LogP contribution in [0.3, 0.4) is 0 Å². The lowest BCUT2D eigenvalue weighted by atomic mass is 10.1. The molecule has 1 unspecified atom stereocenters. The molecule has 1 aromatic rings. The molecule has 0 bridgehead atoms. The number of nitrogens with two attached hydrogens (primary N) is 1. The molecule has 0 saturated carbocycles. The third-order valence-electron chi connectivity index (χ3n) is 2.80. The van der Waals surface area contributed by atoms with E-state index in [4.69, 9.17) is 5.73 Å². The highest BCUT2D eigenvalue weighted by Crippen LogP contribution is 2.03. The number of rotatable bonds is 6. The van der Waals surface area contributed by atoms with Gasteiger partial charge in [0.1, 0.15) is 6.54 Å². The van der Waals surface area contributed by atoms with Gasteiger partial charge >= 0.3 is 0 Å². The summed E-state index contributed by atoms with van der Waals surface area (Å²) in [7, 11) is 1.81. The van der Waals surface area contributed by atoms with Gasteiger partial charge in [-0.1, -0.05) is 25.5 Å². The summed E-state index contributed by atoms with van der Waals surface area (Å²) in [6.07, 6.45) is 2.77. The largest absolute Gasteiger partial charge is 0.344 e. The highest BCUT2D eigenvalue weighted by Gasteiger charge is 2.12. The van der Waals surface area contributed by atoms with E-state index in [9.17, 15) is 4.79 Å². The minimum absolute atomic E-state index is 0.0405. The first-order valence-electron chi connectivity index (χ1n) is 5.89. The van der Waals surface area contributed by atoms with Crippen LogP contribution in [0.1, 0.15) is 26.0 Å². The average molecular weight is 239 g/mol. The van der Waals surface area contributed by atoms with Crippen LogP contribution in [-0.4, -0.2) is 39.4 Å². The Kier molecular flexibility index (Phi) is 5.09. The summed E-state index contributed by atoms with van der Waals surface area (Å²) in [5.41, 5.74) is 6.12. The SMILES string of the molecule is CCC(C)CN(C)C(=O)Cn1cc(CN)nn1. The van der Waals surface area contributed by atoms with Crippen LogP contribution in [0.5, 0.6) is 0 Å². The van der Waals surface area contributed by atoms with Crippen molar-refractivity contribution in [2.45, 2.75) is 33.4 Å². The summed E-state index contributed by atoms with van der Waals surface area (Å²) in [6.45, 7) is 5.59. The van der Waals surface area contributed by atoms with Crippen molar-refractivity contribution in [1.82, 2.24) is 19.9 Å². The summed E-state index contributed by atoms with van der Waals surface area (Å²) >= 11 is 0. The van der Waals surface area contributed by atoms with E-state index in [2.05, 4.69) is 24.2 Å². The molecule has 0 radical (unpaired) electrons. The van der Waals surface area contributed by atoms with Crippen LogP contribution in [0.15, 0.2) is 6.20 Å². The molecular weight excluding hydrogens is 218 g/mol. The second-order valence-electron chi connectivity index (χ2n) is 4.40. The van der Waals surface area contributed by atoms with Gasteiger partial charge < -0.3 is 10.6 Å². The number of carbonyl (C=O) groups excluding carboxylic acids is 1. The summed E-state index contributed by atoms with van der Waals surface area (Å²) in [5, 5.41) is 7.69. The average Bonchev–Trinajstić information content (AvgIpc) is 2.76.